The standard InChI is InChI=1S/C28H32N4O4/c1-31(28(35)32(23-16-8-3-9-17-23)24-18-10-4-11-19-24)25(27(34)30-36)20-12-5-13-21-26(33)29-22-14-6-2-7-15-22/h2-4,6-11,14-19,25,36H,5,12-13,20-21H2,1H3,(H,29,33)(H,30,34)/t25-/m0/s1. The van der Waals surface area contributed by atoms with E-state index in [9.17, 15) is 19.6 Å². The highest BCUT2D eigenvalue weighted by Crippen LogP contribution is 2.27. The number of carbonyl (C=O) groups is 3. The number of rotatable bonds is 11. The lowest BCUT2D eigenvalue weighted by Gasteiger charge is -2.32. The Labute approximate surface area is 211 Å². The third-order valence-electron chi connectivity index (χ3n) is 5.84. The first-order valence-corrected chi connectivity index (χ1v) is 12.0. The Hall–Kier alpha value is -4.17. The van der Waals surface area contributed by atoms with E-state index in [-0.39, 0.29) is 5.91 Å². The number of hydroxylamine groups is 1. The van der Waals surface area contributed by atoms with Gasteiger partial charge in [0.05, 0.1) is 11.4 Å². The maximum absolute atomic E-state index is 13.6. The molecule has 0 unspecified atom stereocenters. The zero-order valence-electron chi connectivity index (χ0n) is 20.3. The van der Waals surface area contributed by atoms with E-state index in [1.165, 1.54) is 9.80 Å². The van der Waals surface area contributed by atoms with Crippen LogP contribution in [0.4, 0.5) is 21.9 Å². The molecule has 1 atom stereocenters. The zero-order valence-corrected chi connectivity index (χ0v) is 20.3. The molecule has 0 aliphatic heterocycles. The summed E-state index contributed by atoms with van der Waals surface area (Å²) in [5, 5.41) is 12.2. The first kappa shape index (κ1) is 26.4. The molecule has 0 aromatic heterocycles. The normalized spacial score (nSPS) is 11.3. The number of para-hydroxylation sites is 3. The van der Waals surface area contributed by atoms with Crippen molar-refractivity contribution in [2.24, 2.45) is 0 Å². The van der Waals surface area contributed by atoms with Crippen LogP contribution in [0.5, 0.6) is 0 Å². The van der Waals surface area contributed by atoms with Crippen LogP contribution in [0.3, 0.4) is 0 Å². The molecule has 188 valence electrons. The lowest BCUT2D eigenvalue weighted by atomic mass is 10.1. The fourth-order valence-electron chi connectivity index (χ4n) is 3.94. The molecule has 0 bridgehead atoms. The summed E-state index contributed by atoms with van der Waals surface area (Å²) in [6, 6.07) is 26.3. The van der Waals surface area contributed by atoms with E-state index in [4.69, 9.17) is 0 Å². The van der Waals surface area contributed by atoms with Crippen LogP contribution in [-0.4, -0.2) is 41.0 Å². The molecule has 8 heteroatoms. The molecular formula is C28H32N4O4. The number of unbranched alkanes of at least 4 members (excludes halogenated alkanes) is 2. The van der Waals surface area contributed by atoms with Crippen LogP contribution in [-0.2, 0) is 9.59 Å². The van der Waals surface area contributed by atoms with Crippen molar-refractivity contribution in [1.29, 1.82) is 0 Å². The summed E-state index contributed by atoms with van der Waals surface area (Å²) in [6.45, 7) is 0. The van der Waals surface area contributed by atoms with E-state index in [1.807, 2.05) is 91.0 Å². The lowest BCUT2D eigenvalue weighted by Crippen LogP contribution is -2.50. The largest absolute Gasteiger partial charge is 0.329 e. The predicted octanol–water partition coefficient (Wildman–Crippen LogP) is 5.34. The molecule has 0 aliphatic rings. The van der Waals surface area contributed by atoms with Crippen LogP contribution in [0.25, 0.3) is 0 Å². The summed E-state index contributed by atoms with van der Waals surface area (Å²) in [6.07, 6.45) is 2.64. The van der Waals surface area contributed by atoms with Crippen LogP contribution >= 0.6 is 0 Å². The number of anilines is 3. The van der Waals surface area contributed by atoms with Crippen molar-refractivity contribution in [2.45, 2.75) is 38.1 Å². The van der Waals surface area contributed by atoms with Gasteiger partial charge in [-0.15, -0.1) is 0 Å². The van der Waals surface area contributed by atoms with Crippen LogP contribution in [0.15, 0.2) is 91.0 Å². The average Bonchev–Trinajstić information content (AvgIpc) is 2.92. The summed E-state index contributed by atoms with van der Waals surface area (Å²) in [5.41, 5.74) is 3.76. The molecule has 3 aromatic rings. The molecule has 0 heterocycles. The summed E-state index contributed by atoms with van der Waals surface area (Å²) < 4.78 is 0. The Balaban J connectivity index is 1.61. The van der Waals surface area contributed by atoms with E-state index < -0.39 is 18.0 Å². The Bertz CT molecular complexity index is 1070. The van der Waals surface area contributed by atoms with Crippen LogP contribution in [0.2, 0.25) is 0 Å². The second-order valence-electron chi connectivity index (χ2n) is 8.41. The molecule has 0 fully saturated rings. The van der Waals surface area contributed by atoms with Gasteiger partial charge in [0.25, 0.3) is 5.91 Å². The van der Waals surface area contributed by atoms with Gasteiger partial charge < -0.3 is 10.2 Å². The van der Waals surface area contributed by atoms with Gasteiger partial charge in [-0.2, -0.15) is 0 Å². The molecule has 3 rings (SSSR count). The van der Waals surface area contributed by atoms with Gasteiger partial charge in [-0.3, -0.25) is 19.7 Å². The maximum Gasteiger partial charge on any atom is 0.329 e. The average molecular weight is 489 g/mol. The van der Waals surface area contributed by atoms with Crippen molar-refractivity contribution in [3.63, 3.8) is 0 Å². The number of hydrogen-bond donors (Lipinski definition) is 3. The summed E-state index contributed by atoms with van der Waals surface area (Å²) in [7, 11) is 1.55. The summed E-state index contributed by atoms with van der Waals surface area (Å²) in [4.78, 5) is 41.1. The van der Waals surface area contributed by atoms with Gasteiger partial charge >= 0.3 is 6.03 Å². The van der Waals surface area contributed by atoms with Crippen LogP contribution < -0.4 is 15.7 Å². The molecular weight excluding hydrogens is 456 g/mol. The van der Waals surface area contributed by atoms with Crippen molar-refractivity contribution in [3.8, 4) is 0 Å². The molecule has 3 N–H and O–H groups in total. The van der Waals surface area contributed by atoms with Gasteiger partial charge in [-0.25, -0.2) is 10.3 Å². The fourth-order valence-corrected chi connectivity index (χ4v) is 3.94. The van der Waals surface area contributed by atoms with E-state index in [1.54, 1.807) is 12.5 Å². The van der Waals surface area contributed by atoms with E-state index in [0.29, 0.717) is 43.5 Å². The van der Waals surface area contributed by atoms with Crippen molar-refractivity contribution in [1.82, 2.24) is 10.4 Å². The smallest absolute Gasteiger partial charge is 0.326 e. The number of hydrogen-bond acceptors (Lipinski definition) is 4. The van der Waals surface area contributed by atoms with Gasteiger partial charge in [0, 0.05) is 19.2 Å². The first-order valence-electron chi connectivity index (χ1n) is 12.0. The van der Waals surface area contributed by atoms with Gasteiger partial charge in [-0.05, 0) is 49.2 Å². The van der Waals surface area contributed by atoms with Crippen LogP contribution in [0, 0.1) is 0 Å². The SMILES string of the molecule is CN(C(=O)N(c1ccccc1)c1ccccc1)[C@@H](CCCCCC(=O)Nc1ccccc1)C(=O)NO. The number of carbonyl (C=O) groups excluding carboxylic acids is 3. The van der Waals surface area contributed by atoms with E-state index in [2.05, 4.69) is 5.32 Å². The minimum absolute atomic E-state index is 0.0699. The minimum atomic E-state index is -0.879. The first-order chi connectivity index (χ1) is 17.5. The van der Waals surface area contributed by atoms with Gasteiger partial charge in [0.15, 0.2) is 0 Å². The van der Waals surface area contributed by atoms with Crippen molar-refractivity contribution < 1.29 is 19.6 Å². The second kappa shape index (κ2) is 13.7. The second-order valence-corrected chi connectivity index (χ2v) is 8.41. The fraction of sp³-hybridized carbons (Fsp3) is 0.250. The zero-order chi connectivity index (χ0) is 25.8. The molecule has 0 spiro atoms. The van der Waals surface area contributed by atoms with E-state index in [0.717, 1.165) is 5.69 Å². The highest BCUT2D eigenvalue weighted by Gasteiger charge is 2.30. The highest BCUT2D eigenvalue weighted by atomic mass is 16.5. The molecule has 36 heavy (non-hydrogen) atoms. The molecule has 4 amide bonds. The number of likely N-dealkylation sites (N-methyl/N-ethyl adjacent to an activating group) is 1. The molecule has 0 aliphatic carbocycles. The number of nitrogens with one attached hydrogen (secondary N) is 2. The maximum atomic E-state index is 13.6. The monoisotopic (exact) mass is 488 g/mol. The molecule has 8 nitrogen and oxygen atoms in total. The highest BCUT2D eigenvalue weighted by molar-refractivity contribution is 6.01. The molecule has 0 radical (unpaired) electrons. The van der Waals surface area contributed by atoms with Gasteiger partial charge in [0.2, 0.25) is 5.91 Å². The molecule has 0 saturated heterocycles. The Kier molecular flexibility index (Phi) is 10.0. The quantitative estimate of drug-likeness (QED) is 0.193. The Morgan fingerprint density at radius 1 is 0.778 bits per heavy atom. The number of nitrogens with zero attached hydrogens (tertiary/aromatic N) is 2. The predicted molar refractivity (Wildman–Crippen MR) is 140 cm³/mol. The van der Waals surface area contributed by atoms with Crippen molar-refractivity contribution in [3.05, 3.63) is 91.0 Å². The topological polar surface area (TPSA) is 102 Å². The van der Waals surface area contributed by atoms with Crippen LogP contribution in [0.1, 0.15) is 32.1 Å². The van der Waals surface area contributed by atoms with Gasteiger partial charge in [-0.1, -0.05) is 67.4 Å². The molecule has 0 saturated carbocycles. The Morgan fingerprint density at radius 3 is 1.83 bits per heavy atom. The summed E-state index contributed by atoms with van der Waals surface area (Å²) in [5.74, 6) is -0.728. The lowest BCUT2D eigenvalue weighted by molar-refractivity contribution is -0.133. The molecule has 3 aromatic carbocycles. The van der Waals surface area contributed by atoms with E-state index >= 15 is 0 Å². The number of amides is 4. The van der Waals surface area contributed by atoms with Gasteiger partial charge in [0.1, 0.15) is 6.04 Å². The minimum Gasteiger partial charge on any atom is -0.326 e. The summed E-state index contributed by atoms with van der Waals surface area (Å²) >= 11 is 0. The Morgan fingerprint density at radius 2 is 1.31 bits per heavy atom. The third-order valence-corrected chi connectivity index (χ3v) is 5.84. The van der Waals surface area contributed by atoms with Crippen molar-refractivity contribution >= 4 is 34.9 Å². The third kappa shape index (κ3) is 7.41. The number of benzene rings is 3. The number of urea groups is 1. The van der Waals surface area contributed by atoms with Crippen molar-refractivity contribution in [2.75, 3.05) is 17.3 Å².